The molecular formula is C21H27FN2O3S. The first kappa shape index (κ1) is 22.0. The van der Waals surface area contributed by atoms with E-state index in [9.17, 15) is 17.6 Å². The molecule has 1 N–H and O–H groups in total. The third-order valence-corrected chi connectivity index (χ3v) is 6.46. The molecule has 0 aliphatic heterocycles. The lowest BCUT2D eigenvalue weighted by Gasteiger charge is -2.18. The molecule has 0 bridgehead atoms. The van der Waals surface area contributed by atoms with Crippen LogP contribution in [0, 0.1) is 12.7 Å². The highest BCUT2D eigenvalue weighted by Gasteiger charge is 2.20. The molecule has 2 rings (SSSR count). The van der Waals surface area contributed by atoms with Gasteiger partial charge in [-0.2, -0.15) is 0 Å². The van der Waals surface area contributed by atoms with E-state index in [0.717, 1.165) is 28.9 Å². The zero-order valence-corrected chi connectivity index (χ0v) is 17.5. The number of rotatable bonds is 8. The second-order valence-corrected chi connectivity index (χ2v) is 9.17. The highest BCUT2D eigenvalue weighted by Crippen LogP contribution is 2.27. The number of amides is 1. The molecule has 152 valence electrons. The van der Waals surface area contributed by atoms with E-state index in [1.54, 1.807) is 0 Å². The predicted octanol–water partition coefficient (Wildman–Crippen LogP) is 4.30. The van der Waals surface area contributed by atoms with Crippen LogP contribution in [0.2, 0.25) is 0 Å². The van der Waals surface area contributed by atoms with E-state index in [-0.39, 0.29) is 29.7 Å². The molecule has 0 aliphatic carbocycles. The minimum atomic E-state index is -3.70. The number of sulfonamides is 1. The third-order valence-electron chi connectivity index (χ3n) is 4.59. The Morgan fingerprint density at radius 1 is 1.14 bits per heavy atom. The van der Waals surface area contributed by atoms with Gasteiger partial charge >= 0.3 is 0 Å². The van der Waals surface area contributed by atoms with Crippen molar-refractivity contribution in [2.75, 3.05) is 18.9 Å². The van der Waals surface area contributed by atoms with Crippen molar-refractivity contribution in [3.8, 4) is 0 Å². The molecule has 0 radical (unpaired) electrons. The molecule has 2 aromatic carbocycles. The fourth-order valence-electron chi connectivity index (χ4n) is 2.91. The van der Waals surface area contributed by atoms with Gasteiger partial charge in [-0.05, 0) is 54.7 Å². The maximum Gasteiger partial charge on any atom is 0.242 e. The number of benzene rings is 2. The summed E-state index contributed by atoms with van der Waals surface area (Å²) in [5.41, 5.74) is 2.90. The summed E-state index contributed by atoms with van der Waals surface area (Å²) >= 11 is 0. The fourth-order valence-corrected chi connectivity index (χ4v) is 4.12. The number of nitrogens with zero attached hydrogens (tertiary/aromatic N) is 1. The van der Waals surface area contributed by atoms with Crippen LogP contribution in [-0.2, 0) is 14.8 Å². The number of nitrogens with one attached hydrogen (secondary N) is 1. The molecule has 28 heavy (non-hydrogen) atoms. The van der Waals surface area contributed by atoms with Gasteiger partial charge < -0.3 is 5.32 Å². The summed E-state index contributed by atoms with van der Waals surface area (Å²) in [4.78, 5) is 12.4. The van der Waals surface area contributed by atoms with Crippen LogP contribution in [0.4, 0.5) is 10.1 Å². The summed E-state index contributed by atoms with van der Waals surface area (Å²) in [5.74, 6) is -0.360. The van der Waals surface area contributed by atoms with Crippen LogP contribution in [0.15, 0.2) is 47.4 Å². The SMILES string of the molecule is Cc1cccc(C(C)C)c1NC(=O)CCCN(C)S(=O)(=O)c1ccc(F)cc1. The number of anilines is 1. The molecule has 0 aromatic heterocycles. The number of hydrogen-bond acceptors (Lipinski definition) is 3. The van der Waals surface area contributed by atoms with E-state index in [0.29, 0.717) is 6.42 Å². The summed E-state index contributed by atoms with van der Waals surface area (Å²) in [5, 5.41) is 2.96. The second-order valence-electron chi connectivity index (χ2n) is 7.13. The lowest BCUT2D eigenvalue weighted by atomic mass is 9.98. The average molecular weight is 407 g/mol. The lowest BCUT2D eigenvalue weighted by Crippen LogP contribution is -2.28. The maximum absolute atomic E-state index is 13.0. The number of aryl methyl sites for hydroxylation is 1. The van der Waals surface area contributed by atoms with Gasteiger partial charge in [-0.25, -0.2) is 17.1 Å². The van der Waals surface area contributed by atoms with Gasteiger partial charge in [-0.3, -0.25) is 4.79 Å². The molecule has 0 saturated heterocycles. The van der Waals surface area contributed by atoms with Gasteiger partial charge in [0.2, 0.25) is 15.9 Å². The van der Waals surface area contributed by atoms with Crippen LogP contribution in [0.1, 0.15) is 43.7 Å². The molecule has 0 heterocycles. The molecule has 0 aliphatic rings. The summed E-state index contributed by atoms with van der Waals surface area (Å²) in [6, 6.07) is 10.6. The Bertz CT molecular complexity index is 925. The number of carbonyl (C=O) groups is 1. The second kappa shape index (κ2) is 9.30. The van der Waals surface area contributed by atoms with Gasteiger partial charge in [0.15, 0.2) is 0 Å². The van der Waals surface area contributed by atoms with Crippen molar-refractivity contribution in [3.63, 3.8) is 0 Å². The van der Waals surface area contributed by atoms with Gasteiger partial charge in [-0.15, -0.1) is 0 Å². The van der Waals surface area contributed by atoms with E-state index < -0.39 is 15.8 Å². The molecule has 0 atom stereocenters. The van der Waals surface area contributed by atoms with Crippen molar-refractivity contribution in [2.45, 2.75) is 44.4 Å². The van der Waals surface area contributed by atoms with Gasteiger partial charge in [0, 0.05) is 25.7 Å². The Balaban J connectivity index is 1.94. The minimum Gasteiger partial charge on any atom is -0.326 e. The first-order valence-corrected chi connectivity index (χ1v) is 10.7. The van der Waals surface area contributed by atoms with Crippen LogP contribution in [0.3, 0.4) is 0 Å². The minimum absolute atomic E-state index is 0.0299. The Labute approximate surface area is 166 Å². The number of carbonyl (C=O) groups excluding carboxylic acids is 1. The first-order valence-electron chi connectivity index (χ1n) is 9.24. The fraction of sp³-hybridized carbons (Fsp3) is 0.381. The van der Waals surface area contributed by atoms with E-state index in [1.165, 1.54) is 23.5 Å². The van der Waals surface area contributed by atoms with Crippen LogP contribution in [0.5, 0.6) is 0 Å². The van der Waals surface area contributed by atoms with Gasteiger partial charge in [-0.1, -0.05) is 32.0 Å². The summed E-state index contributed by atoms with van der Waals surface area (Å²) in [6.07, 6.45) is 0.584. The topological polar surface area (TPSA) is 66.5 Å². The molecule has 0 saturated carbocycles. The molecule has 1 amide bonds. The summed E-state index contributed by atoms with van der Waals surface area (Å²) in [6.45, 7) is 6.28. The maximum atomic E-state index is 13.0. The van der Waals surface area contributed by atoms with Gasteiger partial charge in [0.05, 0.1) is 4.90 Å². The average Bonchev–Trinajstić information content (AvgIpc) is 2.63. The Hall–Kier alpha value is -2.25. The van der Waals surface area contributed by atoms with Crippen LogP contribution in [0.25, 0.3) is 0 Å². The zero-order valence-electron chi connectivity index (χ0n) is 16.7. The van der Waals surface area contributed by atoms with Gasteiger partial charge in [0.25, 0.3) is 0 Å². The smallest absolute Gasteiger partial charge is 0.242 e. The standard InChI is InChI=1S/C21H27FN2O3S/c1-15(2)19-8-5-7-16(3)21(19)23-20(25)9-6-14-24(4)28(26,27)18-12-10-17(22)11-13-18/h5,7-8,10-13,15H,6,9,14H2,1-4H3,(H,23,25). The van der Waals surface area contributed by atoms with Crippen molar-refractivity contribution in [1.29, 1.82) is 0 Å². The Kier molecular flexibility index (Phi) is 7.32. The van der Waals surface area contributed by atoms with Gasteiger partial charge in [0.1, 0.15) is 5.82 Å². The predicted molar refractivity (Wildman–Crippen MR) is 109 cm³/mol. The largest absolute Gasteiger partial charge is 0.326 e. The zero-order chi connectivity index (χ0) is 20.9. The molecule has 2 aromatic rings. The molecule has 7 heteroatoms. The van der Waals surface area contributed by atoms with Crippen molar-refractivity contribution in [3.05, 3.63) is 59.4 Å². The van der Waals surface area contributed by atoms with E-state index in [2.05, 4.69) is 19.2 Å². The van der Waals surface area contributed by atoms with Crippen LogP contribution >= 0.6 is 0 Å². The van der Waals surface area contributed by atoms with Crippen LogP contribution < -0.4 is 5.32 Å². The molecule has 0 spiro atoms. The van der Waals surface area contributed by atoms with Crippen molar-refractivity contribution < 1.29 is 17.6 Å². The van der Waals surface area contributed by atoms with E-state index in [1.807, 2.05) is 25.1 Å². The highest BCUT2D eigenvalue weighted by atomic mass is 32.2. The normalized spacial score (nSPS) is 11.8. The van der Waals surface area contributed by atoms with Crippen molar-refractivity contribution >= 4 is 21.6 Å². The van der Waals surface area contributed by atoms with Crippen molar-refractivity contribution in [1.82, 2.24) is 4.31 Å². The highest BCUT2D eigenvalue weighted by molar-refractivity contribution is 7.89. The number of halogens is 1. The van der Waals surface area contributed by atoms with E-state index >= 15 is 0 Å². The monoisotopic (exact) mass is 406 g/mol. The quantitative estimate of drug-likeness (QED) is 0.711. The van der Waals surface area contributed by atoms with Crippen molar-refractivity contribution in [2.24, 2.45) is 0 Å². The molecule has 0 unspecified atom stereocenters. The number of para-hydroxylation sites is 1. The third kappa shape index (κ3) is 5.39. The molecule has 5 nitrogen and oxygen atoms in total. The number of hydrogen-bond donors (Lipinski definition) is 1. The van der Waals surface area contributed by atoms with Crippen LogP contribution in [-0.4, -0.2) is 32.2 Å². The summed E-state index contributed by atoms with van der Waals surface area (Å²) in [7, 11) is -2.25. The molecular weight excluding hydrogens is 379 g/mol. The Morgan fingerprint density at radius 3 is 2.39 bits per heavy atom. The lowest BCUT2D eigenvalue weighted by molar-refractivity contribution is -0.116. The first-order chi connectivity index (χ1) is 13.1. The Morgan fingerprint density at radius 2 is 1.79 bits per heavy atom. The van der Waals surface area contributed by atoms with E-state index in [4.69, 9.17) is 0 Å². The molecule has 0 fully saturated rings. The summed E-state index contributed by atoms with van der Waals surface area (Å²) < 4.78 is 39.1.